The number of nitrogens with one attached hydrogen (secondary N) is 2. The Morgan fingerprint density at radius 1 is 0.361 bits per heavy atom. The molecule has 0 fully saturated rings. The average Bonchev–Trinajstić information content (AvgIpc) is 3.94. The standard InChI is InChI=1S/C56H54N4.Fe/c1-29-17-33(5)48(34(6)18-29)46-27-45-26-43-14-13-41(57-43)25-42-15-16-44(58-42)28-47-52(49-35(7)19-30(2)20-36(49)8)53(50-37(9)21-31(3)22-38(50)10)56(60-47)54(55(46)59-45)51-39(11)23-32(4)24-40(51)12;/h13-28,57,60H,1-12H3;. The molecule has 0 saturated heterocycles. The van der Waals surface area contributed by atoms with Gasteiger partial charge in [-0.2, -0.15) is 0 Å². The number of aromatic nitrogens is 4. The van der Waals surface area contributed by atoms with Gasteiger partial charge in [-0.25, -0.2) is 9.97 Å². The van der Waals surface area contributed by atoms with Crippen molar-refractivity contribution in [2.24, 2.45) is 0 Å². The molecule has 0 aliphatic carbocycles. The minimum Gasteiger partial charge on any atom is -0.355 e. The summed E-state index contributed by atoms with van der Waals surface area (Å²) in [6.07, 6.45) is 6.54. The van der Waals surface area contributed by atoms with Crippen molar-refractivity contribution in [1.82, 2.24) is 19.9 Å². The van der Waals surface area contributed by atoms with E-state index < -0.39 is 0 Å². The Kier molecular flexibility index (Phi) is 10.8. The summed E-state index contributed by atoms with van der Waals surface area (Å²) in [5, 5.41) is 0. The van der Waals surface area contributed by atoms with Crippen molar-refractivity contribution in [3.63, 3.8) is 0 Å². The van der Waals surface area contributed by atoms with Crippen LogP contribution >= 0.6 is 0 Å². The molecule has 0 radical (unpaired) electrons. The Labute approximate surface area is 371 Å². The fourth-order valence-corrected chi connectivity index (χ4v) is 10.5. The number of nitrogens with zero attached hydrogens (tertiary/aromatic N) is 2. The second-order valence-electron chi connectivity index (χ2n) is 17.7. The summed E-state index contributed by atoms with van der Waals surface area (Å²) in [5.74, 6) is 0. The summed E-state index contributed by atoms with van der Waals surface area (Å²) in [7, 11) is 0. The van der Waals surface area contributed by atoms with E-state index in [-0.39, 0.29) is 17.1 Å². The summed E-state index contributed by atoms with van der Waals surface area (Å²) >= 11 is 0. The van der Waals surface area contributed by atoms with Crippen molar-refractivity contribution in [2.75, 3.05) is 0 Å². The fourth-order valence-electron chi connectivity index (χ4n) is 10.5. The number of rotatable bonds is 4. The van der Waals surface area contributed by atoms with Crippen LogP contribution in [0, 0.1) is 83.1 Å². The second kappa shape index (κ2) is 15.8. The molecular formula is C56H54FeN4. The van der Waals surface area contributed by atoms with Crippen LogP contribution in [0.2, 0.25) is 0 Å². The molecule has 7 aromatic rings. The monoisotopic (exact) mass is 838 g/mol. The first kappa shape index (κ1) is 41.7. The van der Waals surface area contributed by atoms with Gasteiger partial charge in [0.2, 0.25) is 0 Å². The summed E-state index contributed by atoms with van der Waals surface area (Å²) in [6.45, 7) is 26.9. The molecule has 306 valence electrons. The van der Waals surface area contributed by atoms with Crippen LogP contribution in [-0.2, 0) is 17.1 Å². The zero-order valence-electron chi connectivity index (χ0n) is 37.5. The molecule has 4 aromatic carbocycles. The van der Waals surface area contributed by atoms with Gasteiger partial charge in [0.05, 0.1) is 28.3 Å². The van der Waals surface area contributed by atoms with Crippen LogP contribution in [-0.4, -0.2) is 19.9 Å². The van der Waals surface area contributed by atoms with Gasteiger partial charge >= 0.3 is 0 Å². The number of hydrogen-bond acceptors (Lipinski definition) is 2. The van der Waals surface area contributed by atoms with Crippen LogP contribution in [0.3, 0.4) is 0 Å². The first-order valence-electron chi connectivity index (χ1n) is 21.1. The molecule has 0 saturated carbocycles. The van der Waals surface area contributed by atoms with Gasteiger partial charge in [-0.3, -0.25) is 0 Å². The fraction of sp³-hybridized carbons (Fsp3) is 0.214. The summed E-state index contributed by atoms with van der Waals surface area (Å²) in [6, 6.07) is 29.4. The second-order valence-corrected chi connectivity index (χ2v) is 17.7. The van der Waals surface area contributed by atoms with E-state index in [0.29, 0.717) is 0 Å². The van der Waals surface area contributed by atoms with E-state index in [1.54, 1.807) is 0 Å². The number of aryl methyl sites for hydroxylation is 12. The molecule has 8 bridgehead atoms. The zero-order chi connectivity index (χ0) is 42.3. The molecular weight excluding hydrogens is 784 g/mol. The van der Waals surface area contributed by atoms with Crippen molar-refractivity contribution in [3.8, 4) is 33.4 Å². The van der Waals surface area contributed by atoms with Gasteiger partial charge in [0, 0.05) is 55.9 Å². The number of benzene rings is 4. The predicted octanol–water partition coefficient (Wildman–Crippen LogP) is 14.8. The van der Waals surface area contributed by atoms with Gasteiger partial charge in [0.15, 0.2) is 0 Å². The third-order valence-electron chi connectivity index (χ3n) is 12.3. The predicted molar refractivity (Wildman–Crippen MR) is 256 cm³/mol. The van der Waals surface area contributed by atoms with Crippen LogP contribution in [0.5, 0.6) is 0 Å². The van der Waals surface area contributed by atoms with E-state index >= 15 is 0 Å². The number of H-pyrrole nitrogens is 2. The van der Waals surface area contributed by atoms with Gasteiger partial charge in [-0.15, -0.1) is 0 Å². The largest absolute Gasteiger partial charge is 0.355 e. The van der Waals surface area contributed by atoms with E-state index in [4.69, 9.17) is 9.97 Å². The Hall–Kier alpha value is -6.00. The maximum atomic E-state index is 5.74. The quantitative estimate of drug-likeness (QED) is 0.174. The molecule has 3 aromatic heterocycles. The van der Waals surface area contributed by atoms with Crippen LogP contribution in [0.4, 0.5) is 0 Å². The molecule has 0 unspecified atom stereocenters. The third-order valence-corrected chi connectivity index (χ3v) is 12.3. The van der Waals surface area contributed by atoms with Crippen LogP contribution < -0.4 is 0 Å². The Balaban J connectivity index is 0.00000514. The summed E-state index contributed by atoms with van der Waals surface area (Å²) < 4.78 is 0. The average molecular weight is 839 g/mol. The van der Waals surface area contributed by atoms with E-state index in [1.807, 2.05) is 0 Å². The third kappa shape index (κ3) is 7.45. The first-order valence-corrected chi connectivity index (χ1v) is 21.1. The van der Waals surface area contributed by atoms with Gasteiger partial charge < -0.3 is 9.97 Å². The van der Waals surface area contributed by atoms with Crippen molar-refractivity contribution in [3.05, 3.63) is 174 Å². The van der Waals surface area contributed by atoms with Crippen molar-refractivity contribution in [2.45, 2.75) is 83.1 Å². The minimum atomic E-state index is 0. The smallest absolute Gasteiger partial charge is 0.0815 e. The Bertz CT molecular complexity index is 3130. The first-order chi connectivity index (χ1) is 28.6. The molecule has 5 heteroatoms. The van der Waals surface area contributed by atoms with E-state index in [0.717, 1.165) is 56.0 Å². The Morgan fingerprint density at radius 2 is 0.754 bits per heavy atom. The molecule has 0 spiro atoms. The molecule has 61 heavy (non-hydrogen) atoms. The van der Waals surface area contributed by atoms with Crippen LogP contribution in [0.15, 0.2) is 78.9 Å². The molecule has 4 nitrogen and oxygen atoms in total. The van der Waals surface area contributed by atoms with Gasteiger partial charge in [-0.1, -0.05) is 70.8 Å². The molecule has 2 aliphatic heterocycles. The number of fused-ring (bicyclic) bond motifs is 8. The topological polar surface area (TPSA) is 57.4 Å². The maximum Gasteiger partial charge on any atom is 0.0815 e. The molecule has 0 atom stereocenters. The summed E-state index contributed by atoms with van der Waals surface area (Å²) in [5.41, 5.74) is 32.1. The van der Waals surface area contributed by atoms with E-state index in [2.05, 4.69) is 190 Å². The van der Waals surface area contributed by atoms with Crippen molar-refractivity contribution >= 4 is 45.9 Å². The van der Waals surface area contributed by atoms with Gasteiger partial charge in [0.25, 0.3) is 0 Å². The van der Waals surface area contributed by atoms with Crippen molar-refractivity contribution < 1.29 is 17.1 Å². The zero-order valence-corrected chi connectivity index (χ0v) is 38.6. The minimum absolute atomic E-state index is 0. The molecule has 9 rings (SSSR count). The molecule has 5 heterocycles. The van der Waals surface area contributed by atoms with Gasteiger partial charge in [-0.05, 0) is 198 Å². The van der Waals surface area contributed by atoms with E-state index in [9.17, 15) is 0 Å². The number of aromatic amines is 2. The van der Waals surface area contributed by atoms with Crippen LogP contribution in [0.25, 0.3) is 79.2 Å². The molecule has 0 amide bonds. The molecule has 2 aliphatic rings. The number of hydrogen-bond donors (Lipinski definition) is 2. The van der Waals surface area contributed by atoms with Crippen molar-refractivity contribution in [1.29, 1.82) is 0 Å². The molecule has 2 N–H and O–H groups in total. The summed E-state index contributed by atoms with van der Waals surface area (Å²) in [4.78, 5) is 18.7. The maximum absolute atomic E-state index is 5.74. The normalized spacial score (nSPS) is 12.2. The SMILES string of the molecule is Cc1cc(C)c(C2=Cc3cc4ccc(cc5nc(cc6[nH]c(c(-c7c(C)cc(C)cc7C)c2n3)c(-c2c(C)cc(C)cc2C)c6-c2c(C)cc(C)cc2C)C=C5)[nH]4)c(C)c1.[Fe]. The van der Waals surface area contributed by atoms with Gasteiger partial charge in [0.1, 0.15) is 0 Å². The van der Waals surface area contributed by atoms with Crippen LogP contribution in [0.1, 0.15) is 95.1 Å². The Morgan fingerprint density at radius 3 is 1.23 bits per heavy atom. The van der Waals surface area contributed by atoms with E-state index in [1.165, 1.54) is 100 Å².